The maximum absolute atomic E-state index is 3.61. The third kappa shape index (κ3) is 1.60. The van der Waals surface area contributed by atoms with E-state index in [2.05, 4.69) is 46.9 Å². The minimum absolute atomic E-state index is 0.584. The van der Waals surface area contributed by atoms with E-state index in [1.165, 1.54) is 31.5 Å². The number of nitrogens with one attached hydrogen (secondary N) is 1. The van der Waals surface area contributed by atoms with Gasteiger partial charge >= 0.3 is 0 Å². The van der Waals surface area contributed by atoms with Gasteiger partial charge in [-0.25, -0.2) is 0 Å². The third-order valence-corrected chi connectivity index (χ3v) is 3.28. The van der Waals surface area contributed by atoms with Crippen LogP contribution in [0.1, 0.15) is 25.7 Å². The summed E-state index contributed by atoms with van der Waals surface area (Å²) in [7, 11) is 0. The molecule has 1 atom stereocenters. The van der Waals surface area contributed by atoms with E-state index in [1.54, 1.807) is 5.57 Å². The molecule has 2 heteroatoms. The first-order valence-electron chi connectivity index (χ1n) is 5.74. The maximum Gasteiger partial charge on any atom is 0.110 e. The van der Waals surface area contributed by atoms with Crippen molar-refractivity contribution in [3.05, 3.63) is 48.1 Å². The first kappa shape index (κ1) is 8.84. The second-order valence-corrected chi connectivity index (χ2v) is 4.33. The molecule has 78 valence electrons. The predicted octanol–water partition coefficient (Wildman–Crippen LogP) is 2.64. The molecule has 0 aromatic heterocycles. The van der Waals surface area contributed by atoms with Crippen LogP contribution in [0, 0.1) is 0 Å². The van der Waals surface area contributed by atoms with Crippen LogP contribution >= 0.6 is 0 Å². The largest absolute Gasteiger partial charge is 0.365 e. The monoisotopic (exact) mass is 200 g/mol. The molecule has 1 saturated carbocycles. The molecule has 0 saturated heterocycles. The van der Waals surface area contributed by atoms with E-state index in [-0.39, 0.29) is 0 Å². The number of nitrogens with zero attached hydrogens (tertiary/aromatic N) is 1. The number of hydrogen-bond donors (Lipinski definition) is 1. The SMILES string of the molecule is C1=CC=C2NC3CCCCC3=CN2C=C1. The lowest BCUT2D eigenvalue weighted by molar-refractivity contribution is 0.399. The summed E-state index contributed by atoms with van der Waals surface area (Å²) in [5.41, 5.74) is 1.56. The Hall–Kier alpha value is -1.44. The Labute approximate surface area is 90.7 Å². The summed E-state index contributed by atoms with van der Waals surface area (Å²) in [6.07, 6.45) is 18.0. The van der Waals surface area contributed by atoms with Gasteiger partial charge in [-0.3, -0.25) is 0 Å². The Bertz CT molecular complexity index is 374. The molecule has 0 radical (unpaired) electrons. The van der Waals surface area contributed by atoms with Crippen LogP contribution in [-0.4, -0.2) is 10.9 Å². The molecular formula is C13H16N2. The van der Waals surface area contributed by atoms with E-state index >= 15 is 0 Å². The molecule has 2 heterocycles. The van der Waals surface area contributed by atoms with Crippen molar-refractivity contribution >= 4 is 0 Å². The molecule has 2 nitrogen and oxygen atoms in total. The van der Waals surface area contributed by atoms with Crippen LogP contribution in [0.4, 0.5) is 0 Å². The van der Waals surface area contributed by atoms with E-state index < -0.39 is 0 Å². The maximum atomic E-state index is 3.61. The Balaban J connectivity index is 1.94. The van der Waals surface area contributed by atoms with Crippen molar-refractivity contribution in [2.45, 2.75) is 31.7 Å². The molecule has 0 aromatic rings. The average Bonchev–Trinajstić information content (AvgIpc) is 2.50. The highest BCUT2D eigenvalue weighted by Crippen LogP contribution is 2.29. The molecule has 2 aliphatic heterocycles. The molecule has 0 amide bonds. The molecule has 1 fully saturated rings. The van der Waals surface area contributed by atoms with Crippen molar-refractivity contribution in [2.75, 3.05) is 0 Å². The quantitative estimate of drug-likeness (QED) is 0.646. The van der Waals surface area contributed by atoms with Crippen LogP contribution in [0.25, 0.3) is 0 Å². The van der Waals surface area contributed by atoms with Gasteiger partial charge in [-0.15, -0.1) is 0 Å². The lowest BCUT2D eigenvalue weighted by Crippen LogP contribution is -2.41. The summed E-state index contributed by atoms with van der Waals surface area (Å²) in [5, 5.41) is 3.61. The van der Waals surface area contributed by atoms with Crippen LogP contribution < -0.4 is 5.32 Å². The molecule has 15 heavy (non-hydrogen) atoms. The minimum Gasteiger partial charge on any atom is -0.365 e. The first-order valence-corrected chi connectivity index (χ1v) is 5.74. The summed E-state index contributed by atoms with van der Waals surface area (Å²) in [5.74, 6) is 1.20. The molecule has 1 unspecified atom stereocenters. The number of fused-ring (bicyclic) bond motifs is 2. The van der Waals surface area contributed by atoms with Crippen molar-refractivity contribution in [2.24, 2.45) is 0 Å². The predicted molar refractivity (Wildman–Crippen MR) is 61.7 cm³/mol. The molecule has 0 aromatic carbocycles. The van der Waals surface area contributed by atoms with Gasteiger partial charge in [0.1, 0.15) is 5.82 Å². The Morgan fingerprint density at radius 1 is 1.20 bits per heavy atom. The molecule has 1 N–H and O–H groups in total. The van der Waals surface area contributed by atoms with Gasteiger partial charge in [0.05, 0.1) is 6.04 Å². The van der Waals surface area contributed by atoms with Crippen molar-refractivity contribution < 1.29 is 0 Å². The summed E-state index contributed by atoms with van der Waals surface area (Å²) < 4.78 is 0. The zero-order valence-corrected chi connectivity index (χ0v) is 8.82. The Morgan fingerprint density at radius 3 is 3.20 bits per heavy atom. The van der Waals surface area contributed by atoms with Gasteiger partial charge in [-0.1, -0.05) is 18.6 Å². The molecular weight excluding hydrogens is 184 g/mol. The second kappa shape index (κ2) is 3.61. The fourth-order valence-corrected chi connectivity index (χ4v) is 2.47. The molecule has 3 aliphatic rings. The fraction of sp³-hybridized carbons (Fsp3) is 0.385. The van der Waals surface area contributed by atoms with Crippen molar-refractivity contribution in [1.82, 2.24) is 10.2 Å². The molecule has 0 bridgehead atoms. The minimum atomic E-state index is 0.584. The highest BCUT2D eigenvalue weighted by Gasteiger charge is 2.25. The van der Waals surface area contributed by atoms with Gasteiger partial charge in [0.15, 0.2) is 0 Å². The van der Waals surface area contributed by atoms with Gasteiger partial charge in [0.25, 0.3) is 0 Å². The fourth-order valence-electron chi connectivity index (χ4n) is 2.47. The van der Waals surface area contributed by atoms with Crippen LogP contribution in [0.15, 0.2) is 48.1 Å². The van der Waals surface area contributed by atoms with Crippen molar-refractivity contribution in [3.8, 4) is 0 Å². The summed E-state index contributed by atoms with van der Waals surface area (Å²) in [4.78, 5) is 2.19. The average molecular weight is 200 g/mol. The first-order chi connectivity index (χ1) is 7.43. The van der Waals surface area contributed by atoms with Crippen LogP contribution in [0.3, 0.4) is 0 Å². The number of allylic oxidation sites excluding steroid dienone is 4. The van der Waals surface area contributed by atoms with Gasteiger partial charge < -0.3 is 10.2 Å². The number of rotatable bonds is 0. The zero-order chi connectivity index (χ0) is 10.1. The topological polar surface area (TPSA) is 15.3 Å². The lowest BCUT2D eigenvalue weighted by atomic mass is 9.89. The van der Waals surface area contributed by atoms with Gasteiger partial charge in [0.2, 0.25) is 0 Å². The smallest absolute Gasteiger partial charge is 0.110 e. The van der Waals surface area contributed by atoms with Gasteiger partial charge in [-0.2, -0.15) is 0 Å². The van der Waals surface area contributed by atoms with E-state index in [1.807, 2.05) is 0 Å². The van der Waals surface area contributed by atoms with E-state index in [0.717, 1.165) is 0 Å². The van der Waals surface area contributed by atoms with E-state index in [9.17, 15) is 0 Å². The Morgan fingerprint density at radius 2 is 2.20 bits per heavy atom. The highest BCUT2D eigenvalue weighted by atomic mass is 15.2. The van der Waals surface area contributed by atoms with Crippen LogP contribution in [0.5, 0.6) is 0 Å². The Kier molecular flexibility index (Phi) is 2.13. The molecule has 1 aliphatic carbocycles. The summed E-state index contributed by atoms with van der Waals surface area (Å²) in [6.45, 7) is 0. The lowest BCUT2D eigenvalue weighted by Gasteiger charge is -2.36. The van der Waals surface area contributed by atoms with Crippen LogP contribution in [-0.2, 0) is 0 Å². The highest BCUT2D eigenvalue weighted by molar-refractivity contribution is 5.30. The van der Waals surface area contributed by atoms with E-state index in [0.29, 0.717) is 6.04 Å². The molecule has 3 rings (SSSR count). The number of hydrogen-bond acceptors (Lipinski definition) is 2. The summed E-state index contributed by atoms with van der Waals surface area (Å²) in [6, 6.07) is 0.584. The normalized spacial score (nSPS) is 28.3. The zero-order valence-electron chi connectivity index (χ0n) is 8.82. The van der Waals surface area contributed by atoms with Crippen molar-refractivity contribution in [1.29, 1.82) is 0 Å². The van der Waals surface area contributed by atoms with Gasteiger partial charge in [0, 0.05) is 12.4 Å². The molecule has 0 spiro atoms. The van der Waals surface area contributed by atoms with Crippen LogP contribution in [0.2, 0.25) is 0 Å². The van der Waals surface area contributed by atoms with Gasteiger partial charge in [-0.05, 0) is 37.0 Å². The summed E-state index contributed by atoms with van der Waals surface area (Å²) >= 11 is 0. The third-order valence-electron chi connectivity index (χ3n) is 3.28. The standard InChI is InChI=1S/C13H16N2/c1-2-8-13-14-12-7-4-3-6-11(12)10-15(13)9-5-1/h1-2,5,8-10,12,14H,3-4,6-7H2. The second-order valence-electron chi connectivity index (χ2n) is 4.33. The van der Waals surface area contributed by atoms with E-state index in [4.69, 9.17) is 0 Å². The van der Waals surface area contributed by atoms with Crippen molar-refractivity contribution in [3.63, 3.8) is 0 Å².